The lowest BCUT2D eigenvalue weighted by Gasteiger charge is -1.97. The second-order valence-electron chi connectivity index (χ2n) is 2.28. The molecule has 0 aliphatic rings. The number of hydrogen-bond acceptors (Lipinski definition) is 3. The SMILES string of the molecule is CC#CCn1cncc(C#N)c1=O. The lowest BCUT2D eigenvalue weighted by atomic mass is 10.4. The summed E-state index contributed by atoms with van der Waals surface area (Å²) >= 11 is 0. The summed E-state index contributed by atoms with van der Waals surface area (Å²) in [6.45, 7) is 1.96. The summed E-state index contributed by atoms with van der Waals surface area (Å²) in [6, 6.07) is 1.77. The first-order valence-corrected chi connectivity index (χ1v) is 3.63. The Morgan fingerprint density at radius 3 is 3.08 bits per heavy atom. The molecule has 0 amide bonds. The van der Waals surface area contributed by atoms with E-state index in [1.165, 1.54) is 17.1 Å². The van der Waals surface area contributed by atoms with E-state index in [0.29, 0.717) is 0 Å². The van der Waals surface area contributed by atoms with E-state index in [-0.39, 0.29) is 17.7 Å². The second kappa shape index (κ2) is 4.08. The smallest absolute Gasteiger partial charge is 0.272 e. The minimum Gasteiger partial charge on any atom is -0.286 e. The van der Waals surface area contributed by atoms with Gasteiger partial charge in [0.05, 0.1) is 19.1 Å². The Bertz CT molecular complexity index is 456. The molecule has 1 aromatic rings. The first kappa shape index (κ1) is 9.02. The monoisotopic (exact) mass is 173 g/mol. The predicted octanol–water partition coefficient (Wildman–Crippen LogP) is 0.138. The third-order valence-electron chi connectivity index (χ3n) is 1.45. The molecule has 0 radical (unpaired) electrons. The van der Waals surface area contributed by atoms with Crippen molar-refractivity contribution in [3.05, 3.63) is 28.4 Å². The van der Waals surface area contributed by atoms with Gasteiger partial charge >= 0.3 is 0 Å². The van der Waals surface area contributed by atoms with Crippen molar-refractivity contribution in [1.29, 1.82) is 5.26 Å². The number of rotatable bonds is 1. The largest absolute Gasteiger partial charge is 0.286 e. The molecule has 0 aliphatic heterocycles. The van der Waals surface area contributed by atoms with Gasteiger partial charge in [-0.05, 0) is 6.92 Å². The lowest BCUT2D eigenvalue weighted by molar-refractivity contribution is 0.764. The molecule has 0 bridgehead atoms. The molecule has 0 aromatic carbocycles. The van der Waals surface area contributed by atoms with Crippen LogP contribution in [0.2, 0.25) is 0 Å². The van der Waals surface area contributed by atoms with Crippen molar-refractivity contribution in [3.8, 4) is 17.9 Å². The third kappa shape index (κ3) is 1.94. The maximum absolute atomic E-state index is 11.3. The van der Waals surface area contributed by atoms with Gasteiger partial charge in [-0.15, -0.1) is 5.92 Å². The van der Waals surface area contributed by atoms with Crippen LogP contribution in [-0.2, 0) is 6.54 Å². The molecule has 0 fully saturated rings. The molecule has 1 aromatic heterocycles. The summed E-state index contributed by atoms with van der Waals surface area (Å²) in [5.41, 5.74) is -0.305. The summed E-state index contributed by atoms with van der Waals surface area (Å²) in [7, 11) is 0. The quantitative estimate of drug-likeness (QED) is 0.567. The van der Waals surface area contributed by atoms with Gasteiger partial charge < -0.3 is 0 Å². The maximum atomic E-state index is 11.3. The zero-order valence-corrected chi connectivity index (χ0v) is 7.11. The van der Waals surface area contributed by atoms with Crippen molar-refractivity contribution in [2.45, 2.75) is 13.5 Å². The van der Waals surface area contributed by atoms with Crippen LogP contribution in [-0.4, -0.2) is 9.55 Å². The fourth-order valence-corrected chi connectivity index (χ4v) is 0.804. The molecule has 64 valence electrons. The lowest BCUT2D eigenvalue weighted by Crippen LogP contribution is -2.22. The fourth-order valence-electron chi connectivity index (χ4n) is 0.804. The molecule has 0 unspecified atom stereocenters. The van der Waals surface area contributed by atoms with Crippen molar-refractivity contribution < 1.29 is 0 Å². The average molecular weight is 173 g/mol. The van der Waals surface area contributed by atoms with Crippen molar-refractivity contribution in [2.75, 3.05) is 0 Å². The molecule has 0 aliphatic carbocycles. The van der Waals surface area contributed by atoms with Crippen LogP contribution < -0.4 is 5.56 Å². The predicted molar refractivity (Wildman–Crippen MR) is 46.7 cm³/mol. The number of nitriles is 1. The summed E-state index contributed by atoms with van der Waals surface area (Å²) in [5, 5.41) is 8.53. The summed E-state index contributed by atoms with van der Waals surface area (Å²) < 4.78 is 1.30. The van der Waals surface area contributed by atoms with E-state index < -0.39 is 0 Å². The molecule has 1 rings (SSSR count). The molecule has 0 N–H and O–H groups in total. The first-order chi connectivity index (χ1) is 6.29. The van der Waals surface area contributed by atoms with E-state index in [2.05, 4.69) is 16.8 Å². The van der Waals surface area contributed by atoms with E-state index in [4.69, 9.17) is 5.26 Å². The van der Waals surface area contributed by atoms with Gasteiger partial charge in [0.2, 0.25) is 0 Å². The standard InChI is InChI=1S/C9H7N3O/c1-2-3-4-12-7-11-6-8(5-10)9(12)13/h6-7H,4H2,1H3. The van der Waals surface area contributed by atoms with Crippen LogP contribution in [0, 0.1) is 23.2 Å². The first-order valence-electron chi connectivity index (χ1n) is 3.63. The highest BCUT2D eigenvalue weighted by Gasteiger charge is 2.00. The van der Waals surface area contributed by atoms with Crippen LogP contribution in [0.5, 0.6) is 0 Å². The van der Waals surface area contributed by atoms with Crippen LogP contribution in [0.1, 0.15) is 12.5 Å². The van der Waals surface area contributed by atoms with E-state index in [1.54, 1.807) is 13.0 Å². The van der Waals surface area contributed by atoms with Gasteiger partial charge in [-0.25, -0.2) is 4.98 Å². The highest BCUT2D eigenvalue weighted by Crippen LogP contribution is 1.84. The molecule has 4 nitrogen and oxygen atoms in total. The van der Waals surface area contributed by atoms with E-state index in [1.807, 2.05) is 0 Å². The highest BCUT2D eigenvalue weighted by atomic mass is 16.1. The fraction of sp³-hybridized carbons (Fsp3) is 0.222. The van der Waals surface area contributed by atoms with Crippen LogP contribution in [0.25, 0.3) is 0 Å². The molecule has 0 spiro atoms. The average Bonchev–Trinajstić information content (AvgIpc) is 2.16. The van der Waals surface area contributed by atoms with Gasteiger partial charge in [-0.3, -0.25) is 9.36 Å². The minimum absolute atomic E-state index is 0.0420. The van der Waals surface area contributed by atoms with Gasteiger partial charge in [-0.1, -0.05) is 5.92 Å². The number of hydrogen-bond donors (Lipinski definition) is 0. The zero-order valence-electron chi connectivity index (χ0n) is 7.11. The van der Waals surface area contributed by atoms with Crippen molar-refractivity contribution >= 4 is 0 Å². The van der Waals surface area contributed by atoms with Crippen LogP contribution >= 0.6 is 0 Å². The molecule has 0 atom stereocenters. The van der Waals surface area contributed by atoms with Gasteiger partial charge in [0.15, 0.2) is 0 Å². The van der Waals surface area contributed by atoms with Gasteiger partial charge in [0.1, 0.15) is 11.6 Å². The second-order valence-corrected chi connectivity index (χ2v) is 2.28. The molecular weight excluding hydrogens is 166 g/mol. The highest BCUT2D eigenvalue weighted by molar-refractivity contribution is 5.21. The minimum atomic E-state index is -0.347. The number of aromatic nitrogens is 2. The molecule has 13 heavy (non-hydrogen) atoms. The Balaban J connectivity index is 3.16. The van der Waals surface area contributed by atoms with Crippen molar-refractivity contribution in [2.24, 2.45) is 0 Å². The van der Waals surface area contributed by atoms with E-state index in [9.17, 15) is 4.79 Å². The molecule has 4 heteroatoms. The Kier molecular flexibility index (Phi) is 2.83. The van der Waals surface area contributed by atoms with Gasteiger partial charge in [0, 0.05) is 0 Å². The molecule has 0 saturated carbocycles. The van der Waals surface area contributed by atoms with E-state index >= 15 is 0 Å². The Hall–Kier alpha value is -2.07. The van der Waals surface area contributed by atoms with Crippen LogP contribution in [0.15, 0.2) is 17.3 Å². The van der Waals surface area contributed by atoms with Gasteiger partial charge in [-0.2, -0.15) is 5.26 Å². The van der Waals surface area contributed by atoms with Crippen molar-refractivity contribution in [3.63, 3.8) is 0 Å². The molecule has 0 saturated heterocycles. The van der Waals surface area contributed by atoms with Crippen LogP contribution in [0.4, 0.5) is 0 Å². The normalized spacial score (nSPS) is 8.31. The summed E-state index contributed by atoms with van der Waals surface area (Å²) in [4.78, 5) is 15.1. The van der Waals surface area contributed by atoms with E-state index in [0.717, 1.165) is 0 Å². The van der Waals surface area contributed by atoms with Crippen molar-refractivity contribution in [1.82, 2.24) is 9.55 Å². The zero-order chi connectivity index (χ0) is 9.68. The molecular formula is C9H7N3O. The summed E-state index contributed by atoms with van der Waals surface area (Å²) in [5.74, 6) is 5.38. The number of nitrogens with zero attached hydrogens (tertiary/aromatic N) is 3. The third-order valence-corrected chi connectivity index (χ3v) is 1.45. The van der Waals surface area contributed by atoms with Gasteiger partial charge in [0.25, 0.3) is 5.56 Å². The Labute approximate surface area is 75.5 Å². The topological polar surface area (TPSA) is 58.7 Å². The Morgan fingerprint density at radius 1 is 1.69 bits per heavy atom. The van der Waals surface area contributed by atoms with Crippen LogP contribution in [0.3, 0.4) is 0 Å². The summed E-state index contributed by atoms with van der Waals surface area (Å²) in [6.07, 6.45) is 2.62. The molecule has 1 heterocycles. The maximum Gasteiger partial charge on any atom is 0.272 e. The Morgan fingerprint density at radius 2 is 2.46 bits per heavy atom.